The summed E-state index contributed by atoms with van der Waals surface area (Å²) in [7, 11) is 3.26. The first-order valence-electron chi connectivity index (χ1n) is 6.09. The number of hydrogen-bond acceptors (Lipinski definition) is 4. The summed E-state index contributed by atoms with van der Waals surface area (Å²) in [5.41, 5.74) is 0.973. The zero-order valence-electron chi connectivity index (χ0n) is 11.5. The Balaban J connectivity index is 2.50. The van der Waals surface area contributed by atoms with Gasteiger partial charge in [0, 0.05) is 13.6 Å². The van der Waals surface area contributed by atoms with Crippen molar-refractivity contribution in [3.05, 3.63) is 29.8 Å². The Hall–Kier alpha value is -2.04. The zero-order chi connectivity index (χ0) is 14.3. The van der Waals surface area contributed by atoms with Crippen LogP contribution in [0.5, 0.6) is 5.75 Å². The molecule has 0 fully saturated rings. The van der Waals surface area contributed by atoms with Crippen LogP contribution in [-0.2, 0) is 20.9 Å². The predicted molar refractivity (Wildman–Crippen MR) is 70.7 cm³/mol. The van der Waals surface area contributed by atoms with Crippen LogP contribution in [0.1, 0.15) is 18.9 Å². The molecule has 104 valence electrons. The zero-order valence-corrected chi connectivity index (χ0v) is 11.5. The van der Waals surface area contributed by atoms with Gasteiger partial charge in [0.1, 0.15) is 12.2 Å². The summed E-state index contributed by atoms with van der Waals surface area (Å²) >= 11 is 0. The van der Waals surface area contributed by atoms with E-state index >= 15 is 0 Å². The average molecular weight is 265 g/mol. The first-order valence-corrected chi connectivity index (χ1v) is 6.09. The SMILES string of the molecule is CCOC(=O)CC(=O)N(C)Cc1ccc(OC)cc1. The Bertz CT molecular complexity index is 428. The van der Waals surface area contributed by atoms with Crippen molar-refractivity contribution in [1.82, 2.24) is 4.90 Å². The van der Waals surface area contributed by atoms with E-state index in [1.165, 1.54) is 4.90 Å². The van der Waals surface area contributed by atoms with E-state index in [0.29, 0.717) is 6.54 Å². The summed E-state index contributed by atoms with van der Waals surface area (Å²) in [6.45, 7) is 2.44. The molecule has 0 saturated heterocycles. The number of benzene rings is 1. The Morgan fingerprint density at radius 1 is 1.21 bits per heavy atom. The minimum atomic E-state index is -0.492. The number of rotatable bonds is 6. The van der Waals surface area contributed by atoms with Crippen molar-refractivity contribution in [3.63, 3.8) is 0 Å². The number of hydrogen-bond donors (Lipinski definition) is 0. The van der Waals surface area contributed by atoms with Gasteiger partial charge in [-0.3, -0.25) is 9.59 Å². The Kier molecular flexibility index (Phi) is 5.85. The van der Waals surface area contributed by atoms with Gasteiger partial charge in [-0.1, -0.05) is 12.1 Å². The van der Waals surface area contributed by atoms with Gasteiger partial charge in [0.25, 0.3) is 0 Å². The number of nitrogens with zero attached hydrogens (tertiary/aromatic N) is 1. The van der Waals surface area contributed by atoms with Gasteiger partial charge in [-0.25, -0.2) is 0 Å². The fourth-order valence-corrected chi connectivity index (χ4v) is 1.56. The molecular weight excluding hydrogens is 246 g/mol. The van der Waals surface area contributed by atoms with Gasteiger partial charge in [0.2, 0.25) is 5.91 Å². The van der Waals surface area contributed by atoms with E-state index in [1.807, 2.05) is 24.3 Å². The quantitative estimate of drug-likeness (QED) is 0.579. The molecule has 1 aromatic rings. The lowest BCUT2D eigenvalue weighted by atomic mass is 10.2. The van der Waals surface area contributed by atoms with Gasteiger partial charge in [-0.2, -0.15) is 0 Å². The molecule has 1 aromatic carbocycles. The largest absolute Gasteiger partial charge is 0.497 e. The van der Waals surface area contributed by atoms with E-state index in [0.717, 1.165) is 11.3 Å². The predicted octanol–water partition coefficient (Wildman–Crippen LogP) is 1.61. The third kappa shape index (κ3) is 4.99. The standard InChI is InChI=1S/C14H19NO4/c1-4-19-14(17)9-13(16)15(2)10-11-5-7-12(18-3)8-6-11/h5-8H,4,9-10H2,1-3H3. The third-order valence-electron chi connectivity index (χ3n) is 2.61. The van der Waals surface area contributed by atoms with Crippen molar-refractivity contribution in [1.29, 1.82) is 0 Å². The number of methoxy groups -OCH3 is 1. The first kappa shape index (κ1) is 15.0. The van der Waals surface area contributed by atoms with Crippen molar-refractivity contribution in [2.24, 2.45) is 0 Å². The number of amides is 1. The van der Waals surface area contributed by atoms with Crippen LogP contribution in [0.15, 0.2) is 24.3 Å². The smallest absolute Gasteiger partial charge is 0.315 e. The van der Waals surface area contributed by atoms with E-state index in [2.05, 4.69) is 0 Å². The Labute approximate surface area is 113 Å². The maximum Gasteiger partial charge on any atom is 0.315 e. The van der Waals surface area contributed by atoms with Crippen molar-refractivity contribution >= 4 is 11.9 Å². The van der Waals surface area contributed by atoms with Gasteiger partial charge >= 0.3 is 5.97 Å². The first-order chi connectivity index (χ1) is 9.06. The normalized spacial score (nSPS) is 9.84. The van der Waals surface area contributed by atoms with Crippen LogP contribution in [0.3, 0.4) is 0 Å². The van der Waals surface area contributed by atoms with Crippen LogP contribution >= 0.6 is 0 Å². The highest BCUT2D eigenvalue weighted by Gasteiger charge is 2.14. The van der Waals surface area contributed by atoms with Gasteiger partial charge in [-0.15, -0.1) is 0 Å². The van der Waals surface area contributed by atoms with Crippen LogP contribution in [0.25, 0.3) is 0 Å². The molecule has 0 aliphatic rings. The van der Waals surface area contributed by atoms with E-state index in [9.17, 15) is 9.59 Å². The summed E-state index contributed by atoms with van der Waals surface area (Å²) < 4.78 is 9.80. The second-order valence-electron chi connectivity index (χ2n) is 4.08. The fraction of sp³-hybridized carbons (Fsp3) is 0.429. The van der Waals surface area contributed by atoms with Gasteiger partial charge < -0.3 is 14.4 Å². The van der Waals surface area contributed by atoms with Gasteiger partial charge in [0.05, 0.1) is 13.7 Å². The molecule has 0 radical (unpaired) electrons. The lowest BCUT2D eigenvalue weighted by Crippen LogP contribution is -2.28. The van der Waals surface area contributed by atoms with E-state index in [4.69, 9.17) is 9.47 Å². The minimum absolute atomic E-state index is 0.222. The van der Waals surface area contributed by atoms with Crippen molar-refractivity contribution in [2.75, 3.05) is 20.8 Å². The molecule has 0 atom stereocenters. The molecular formula is C14H19NO4. The molecule has 0 aliphatic carbocycles. The molecule has 0 bridgehead atoms. The van der Waals surface area contributed by atoms with E-state index in [-0.39, 0.29) is 18.9 Å². The molecule has 0 saturated carbocycles. The number of carbonyl (C=O) groups is 2. The average Bonchev–Trinajstić information content (AvgIpc) is 2.39. The summed E-state index contributed by atoms with van der Waals surface area (Å²) in [5, 5.41) is 0. The summed E-state index contributed by atoms with van der Waals surface area (Å²) in [6.07, 6.45) is -0.222. The number of carbonyl (C=O) groups excluding carboxylic acids is 2. The maximum absolute atomic E-state index is 11.8. The van der Waals surface area contributed by atoms with Gasteiger partial charge in [0.15, 0.2) is 0 Å². The van der Waals surface area contributed by atoms with E-state index in [1.54, 1.807) is 21.1 Å². The molecule has 1 amide bonds. The van der Waals surface area contributed by atoms with Crippen LogP contribution in [0.4, 0.5) is 0 Å². The highest BCUT2D eigenvalue weighted by molar-refractivity contribution is 5.94. The maximum atomic E-state index is 11.8. The number of esters is 1. The lowest BCUT2D eigenvalue weighted by Gasteiger charge is -2.17. The highest BCUT2D eigenvalue weighted by Crippen LogP contribution is 2.12. The molecule has 1 rings (SSSR count). The molecule has 5 heteroatoms. The highest BCUT2D eigenvalue weighted by atomic mass is 16.5. The second-order valence-corrected chi connectivity index (χ2v) is 4.08. The van der Waals surface area contributed by atoms with Crippen LogP contribution in [0, 0.1) is 0 Å². The van der Waals surface area contributed by atoms with Crippen molar-refractivity contribution < 1.29 is 19.1 Å². The van der Waals surface area contributed by atoms with Crippen LogP contribution in [0.2, 0.25) is 0 Å². The van der Waals surface area contributed by atoms with Gasteiger partial charge in [-0.05, 0) is 24.6 Å². The van der Waals surface area contributed by atoms with Crippen LogP contribution < -0.4 is 4.74 Å². The lowest BCUT2D eigenvalue weighted by molar-refractivity contribution is -0.148. The molecule has 0 spiro atoms. The summed E-state index contributed by atoms with van der Waals surface area (Å²) in [6, 6.07) is 7.43. The molecule has 0 aromatic heterocycles. The topological polar surface area (TPSA) is 55.8 Å². The van der Waals surface area contributed by atoms with E-state index < -0.39 is 5.97 Å². The monoisotopic (exact) mass is 265 g/mol. The molecule has 0 N–H and O–H groups in total. The summed E-state index contributed by atoms with van der Waals surface area (Å²) in [5.74, 6) is 0.0209. The molecule has 0 heterocycles. The second kappa shape index (κ2) is 7.41. The minimum Gasteiger partial charge on any atom is -0.497 e. The van der Waals surface area contributed by atoms with Crippen molar-refractivity contribution in [3.8, 4) is 5.75 Å². The Morgan fingerprint density at radius 2 is 1.84 bits per heavy atom. The number of ether oxygens (including phenoxy) is 2. The Morgan fingerprint density at radius 3 is 2.37 bits per heavy atom. The summed E-state index contributed by atoms with van der Waals surface area (Å²) in [4.78, 5) is 24.5. The molecule has 5 nitrogen and oxygen atoms in total. The fourth-order valence-electron chi connectivity index (χ4n) is 1.56. The van der Waals surface area contributed by atoms with Crippen LogP contribution in [-0.4, -0.2) is 37.5 Å². The molecule has 0 unspecified atom stereocenters. The van der Waals surface area contributed by atoms with Crippen molar-refractivity contribution in [2.45, 2.75) is 19.9 Å². The third-order valence-corrected chi connectivity index (χ3v) is 2.61. The molecule has 0 aliphatic heterocycles. The molecule has 19 heavy (non-hydrogen) atoms.